The van der Waals surface area contributed by atoms with Gasteiger partial charge in [-0.25, -0.2) is 0 Å². The van der Waals surface area contributed by atoms with Crippen molar-refractivity contribution in [2.24, 2.45) is 11.7 Å². The topological polar surface area (TPSA) is 35.2 Å². The van der Waals surface area contributed by atoms with Gasteiger partial charge >= 0.3 is 0 Å². The molecule has 0 bridgehead atoms. The molecule has 0 aromatic heterocycles. The van der Waals surface area contributed by atoms with Crippen molar-refractivity contribution < 1.29 is 4.74 Å². The lowest BCUT2D eigenvalue weighted by Crippen LogP contribution is -2.27. The van der Waals surface area contributed by atoms with E-state index in [0.717, 1.165) is 30.5 Å². The molecular formula is C12H16BrNO. The van der Waals surface area contributed by atoms with Crippen LogP contribution in [0.25, 0.3) is 0 Å². The molecule has 1 aromatic carbocycles. The van der Waals surface area contributed by atoms with Crippen LogP contribution in [0.15, 0.2) is 28.7 Å². The lowest BCUT2D eigenvalue weighted by atomic mass is 9.88. The van der Waals surface area contributed by atoms with Crippen molar-refractivity contribution in [2.75, 3.05) is 13.2 Å². The van der Waals surface area contributed by atoms with E-state index in [4.69, 9.17) is 10.5 Å². The molecule has 1 aliphatic heterocycles. The van der Waals surface area contributed by atoms with Crippen LogP contribution in [-0.2, 0) is 4.74 Å². The summed E-state index contributed by atoms with van der Waals surface area (Å²) in [5.41, 5.74) is 7.48. The minimum absolute atomic E-state index is 0.145. The molecule has 1 aliphatic rings. The van der Waals surface area contributed by atoms with Gasteiger partial charge < -0.3 is 10.5 Å². The Morgan fingerprint density at radius 3 is 2.73 bits per heavy atom. The highest BCUT2D eigenvalue weighted by atomic mass is 79.9. The molecule has 1 saturated heterocycles. The number of hydrogen-bond donors (Lipinski definition) is 1. The summed E-state index contributed by atoms with van der Waals surface area (Å²) in [4.78, 5) is 0. The van der Waals surface area contributed by atoms with Gasteiger partial charge in [-0.3, -0.25) is 0 Å². The number of nitrogens with two attached hydrogens (primary N) is 1. The van der Waals surface area contributed by atoms with Crippen molar-refractivity contribution in [3.8, 4) is 0 Å². The molecule has 0 aliphatic carbocycles. The zero-order chi connectivity index (χ0) is 10.7. The average molecular weight is 270 g/mol. The van der Waals surface area contributed by atoms with Crippen LogP contribution in [0.5, 0.6) is 0 Å². The Bertz CT molecular complexity index is 323. The van der Waals surface area contributed by atoms with Crippen molar-refractivity contribution in [2.45, 2.75) is 18.9 Å². The molecule has 82 valence electrons. The number of hydrogen-bond acceptors (Lipinski definition) is 2. The molecule has 3 heteroatoms. The third kappa shape index (κ3) is 2.80. The van der Waals surface area contributed by atoms with Crippen LogP contribution in [0.1, 0.15) is 24.4 Å². The fraction of sp³-hybridized carbons (Fsp3) is 0.500. The average Bonchev–Trinajstić information content (AvgIpc) is 2.29. The Labute approximate surface area is 98.9 Å². The Kier molecular flexibility index (Phi) is 3.78. The van der Waals surface area contributed by atoms with E-state index in [-0.39, 0.29) is 6.04 Å². The van der Waals surface area contributed by atoms with Gasteiger partial charge in [0.15, 0.2) is 0 Å². The first-order chi connectivity index (χ1) is 7.27. The second-order valence-electron chi connectivity index (χ2n) is 4.03. The lowest BCUT2D eigenvalue weighted by Gasteiger charge is -2.27. The first kappa shape index (κ1) is 11.1. The molecule has 2 nitrogen and oxygen atoms in total. The number of halogens is 1. The fourth-order valence-electron chi connectivity index (χ4n) is 2.06. The minimum atomic E-state index is 0.145. The van der Waals surface area contributed by atoms with E-state index in [1.165, 1.54) is 5.56 Å². The molecule has 1 atom stereocenters. The van der Waals surface area contributed by atoms with Gasteiger partial charge in [-0.05, 0) is 36.5 Å². The van der Waals surface area contributed by atoms with Crippen molar-refractivity contribution >= 4 is 15.9 Å². The van der Waals surface area contributed by atoms with Gasteiger partial charge in [0.05, 0.1) is 0 Å². The molecular weight excluding hydrogens is 254 g/mol. The summed E-state index contributed by atoms with van der Waals surface area (Å²) >= 11 is 3.47. The van der Waals surface area contributed by atoms with Crippen molar-refractivity contribution in [1.29, 1.82) is 0 Å². The highest BCUT2D eigenvalue weighted by Crippen LogP contribution is 2.29. The second kappa shape index (κ2) is 5.10. The molecule has 0 saturated carbocycles. The van der Waals surface area contributed by atoms with Gasteiger partial charge in [0, 0.05) is 23.7 Å². The Morgan fingerprint density at radius 1 is 1.33 bits per heavy atom. The van der Waals surface area contributed by atoms with E-state index in [1.807, 2.05) is 12.1 Å². The van der Waals surface area contributed by atoms with Gasteiger partial charge in [-0.15, -0.1) is 0 Å². The normalized spacial score (nSPS) is 20.1. The van der Waals surface area contributed by atoms with Crippen LogP contribution in [0.3, 0.4) is 0 Å². The summed E-state index contributed by atoms with van der Waals surface area (Å²) in [5, 5.41) is 0. The number of benzene rings is 1. The third-order valence-corrected chi connectivity index (χ3v) is 3.50. The standard InChI is InChI=1S/C12H16BrNO/c13-11-3-1-2-10(8-11)12(14)9-4-6-15-7-5-9/h1-3,8-9,12H,4-7,14H2/t12-/m1/s1. The minimum Gasteiger partial charge on any atom is -0.381 e. The quantitative estimate of drug-likeness (QED) is 0.896. The van der Waals surface area contributed by atoms with Crippen molar-refractivity contribution in [3.63, 3.8) is 0 Å². The summed E-state index contributed by atoms with van der Waals surface area (Å²) < 4.78 is 6.44. The highest BCUT2D eigenvalue weighted by Gasteiger charge is 2.22. The van der Waals surface area contributed by atoms with E-state index < -0.39 is 0 Å². The van der Waals surface area contributed by atoms with Crippen molar-refractivity contribution in [3.05, 3.63) is 34.3 Å². The summed E-state index contributed by atoms with van der Waals surface area (Å²) in [6.45, 7) is 1.71. The van der Waals surface area contributed by atoms with Gasteiger partial charge in [0.25, 0.3) is 0 Å². The molecule has 2 rings (SSSR count). The van der Waals surface area contributed by atoms with E-state index in [0.29, 0.717) is 5.92 Å². The lowest BCUT2D eigenvalue weighted by molar-refractivity contribution is 0.0584. The smallest absolute Gasteiger partial charge is 0.0469 e. The predicted octanol–water partition coefficient (Wildman–Crippen LogP) is 2.88. The van der Waals surface area contributed by atoms with E-state index >= 15 is 0 Å². The number of ether oxygens (including phenoxy) is 1. The van der Waals surface area contributed by atoms with E-state index in [1.54, 1.807) is 0 Å². The van der Waals surface area contributed by atoms with Crippen molar-refractivity contribution in [1.82, 2.24) is 0 Å². The van der Waals surface area contributed by atoms with Gasteiger partial charge in [0.1, 0.15) is 0 Å². The summed E-state index contributed by atoms with van der Waals surface area (Å²) in [6, 6.07) is 8.43. The van der Waals surface area contributed by atoms with Gasteiger partial charge in [-0.2, -0.15) is 0 Å². The molecule has 1 fully saturated rings. The largest absolute Gasteiger partial charge is 0.381 e. The zero-order valence-electron chi connectivity index (χ0n) is 8.66. The van der Waals surface area contributed by atoms with Crippen LogP contribution in [0, 0.1) is 5.92 Å². The summed E-state index contributed by atoms with van der Waals surface area (Å²) in [6.07, 6.45) is 2.15. The fourth-order valence-corrected chi connectivity index (χ4v) is 2.48. The van der Waals surface area contributed by atoms with Gasteiger partial charge in [0.2, 0.25) is 0 Å². The molecule has 15 heavy (non-hydrogen) atoms. The monoisotopic (exact) mass is 269 g/mol. The molecule has 1 heterocycles. The predicted molar refractivity (Wildman–Crippen MR) is 64.6 cm³/mol. The Balaban J connectivity index is 2.08. The maximum absolute atomic E-state index is 6.26. The van der Waals surface area contributed by atoms with E-state index in [2.05, 4.69) is 28.1 Å². The van der Waals surface area contributed by atoms with E-state index in [9.17, 15) is 0 Å². The Hall–Kier alpha value is -0.380. The third-order valence-electron chi connectivity index (χ3n) is 3.01. The first-order valence-corrected chi connectivity index (χ1v) is 6.15. The molecule has 1 aromatic rings. The first-order valence-electron chi connectivity index (χ1n) is 5.36. The number of rotatable bonds is 2. The van der Waals surface area contributed by atoms with Crippen LogP contribution in [0.4, 0.5) is 0 Å². The molecule has 2 N–H and O–H groups in total. The molecule has 0 spiro atoms. The molecule has 0 amide bonds. The van der Waals surface area contributed by atoms with Gasteiger partial charge in [-0.1, -0.05) is 28.1 Å². The zero-order valence-corrected chi connectivity index (χ0v) is 10.2. The molecule has 0 unspecified atom stereocenters. The maximum Gasteiger partial charge on any atom is 0.0469 e. The molecule has 0 radical (unpaired) electrons. The van der Waals surface area contributed by atoms with Crippen LogP contribution < -0.4 is 5.73 Å². The highest BCUT2D eigenvalue weighted by molar-refractivity contribution is 9.10. The van der Waals surface area contributed by atoms with Crippen LogP contribution in [-0.4, -0.2) is 13.2 Å². The Morgan fingerprint density at radius 2 is 2.07 bits per heavy atom. The maximum atomic E-state index is 6.26. The van der Waals surface area contributed by atoms with Crippen LogP contribution in [0.2, 0.25) is 0 Å². The SMILES string of the molecule is N[C@@H](c1cccc(Br)c1)C1CCOCC1. The second-order valence-corrected chi connectivity index (χ2v) is 4.95. The summed E-state index contributed by atoms with van der Waals surface area (Å²) in [7, 11) is 0. The van der Waals surface area contributed by atoms with Crippen LogP contribution >= 0.6 is 15.9 Å². The summed E-state index contributed by atoms with van der Waals surface area (Å²) in [5.74, 6) is 0.563.